The predicted octanol–water partition coefficient (Wildman–Crippen LogP) is 3.95. The molecule has 0 atom stereocenters. The summed E-state index contributed by atoms with van der Waals surface area (Å²) in [6, 6.07) is 19.4. The van der Waals surface area contributed by atoms with E-state index >= 15 is 0 Å². The van der Waals surface area contributed by atoms with Gasteiger partial charge in [0.1, 0.15) is 17.3 Å². The van der Waals surface area contributed by atoms with Crippen molar-refractivity contribution < 1.29 is 9.53 Å². The highest BCUT2D eigenvalue weighted by molar-refractivity contribution is 5.93. The van der Waals surface area contributed by atoms with Gasteiger partial charge in [-0.05, 0) is 38.0 Å². The summed E-state index contributed by atoms with van der Waals surface area (Å²) in [6.07, 6.45) is 0.726. The Morgan fingerprint density at radius 3 is 2.41 bits per heavy atom. The Labute approximate surface area is 171 Å². The van der Waals surface area contributed by atoms with Crippen LogP contribution in [0.5, 0.6) is 5.75 Å². The number of amides is 1. The van der Waals surface area contributed by atoms with Crippen molar-refractivity contribution >= 4 is 11.7 Å². The first-order valence-electron chi connectivity index (χ1n) is 9.67. The largest absolute Gasteiger partial charge is 0.497 e. The lowest BCUT2D eigenvalue weighted by Gasteiger charge is -2.12. The van der Waals surface area contributed by atoms with Gasteiger partial charge in [-0.15, -0.1) is 0 Å². The van der Waals surface area contributed by atoms with Crippen molar-refractivity contribution in [3.63, 3.8) is 0 Å². The Balaban J connectivity index is 1.72. The number of hydrogen-bond donors (Lipinski definition) is 2. The SMILES string of the molecule is COc1ccc(CCNC(=O)c2cc(NC(C)C)nc(-c3ccccc3)n2)cc1. The molecule has 0 bridgehead atoms. The van der Waals surface area contributed by atoms with Crippen LogP contribution in [0.4, 0.5) is 5.82 Å². The fraction of sp³-hybridized carbons (Fsp3) is 0.261. The molecule has 0 spiro atoms. The van der Waals surface area contributed by atoms with E-state index in [1.165, 1.54) is 0 Å². The number of ether oxygens (including phenoxy) is 1. The predicted molar refractivity (Wildman–Crippen MR) is 115 cm³/mol. The molecule has 2 aromatic carbocycles. The molecule has 0 aliphatic heterocycles. The maximum absolute atomic E-state index is 12.7. The highest BCUT2D eigenvalue weighted by Crippen LogP contribution is 2.18. The van der Waals surface area contributed by atoms with Crippen LogP contribution in [0.2, 0.25) is 0 Å². The van der Waals surface area contributed by atoms with E-state index in [0.29, 0.717) is 23.9 Å². The molecule has 0 aliphatic carbocycles. The van der Waals surface area contributed by atoms with Gasteiger partial charge in [0.2, 0.25) is 0 Å². The van der Waals surface area contributed by atoms with Gasteiger partial charge < -0.3 is 15.4 Å². The molecule has 1 aromatic heterocycles. The Hall–Kier alpha value is -3.41. The molecule has 2 N–H and O–H groups in total. The summed E-state index contributed by atoms with van der Waals surface area (Å²) in [5.74, 6) is 1.76. The van der Waals surface area contributed by atoms with E-state index in [1.807, 2.05) is 68.4 Å². The molecule has 6 nitrogen and oxygen atoms in total. The van der Waals surface area contributed by atoms with Gasteiger partial charge in [0, 0.05) is 24.2 Å². The fourth-order valence-electron chi connectivity index (χ4n) is 2.85. The molecule has 0 aliphatic rings. The quantitative estimate of drug-likeness (QED) is 0.609. The summed E-state index contributed by atoms with van der Waals surface area (Å²) in [6.45, 7) is 4.57. The standard InChI is InChI=1S/C23H26N4O2/c1-16(2)25-21-15-20(26-22(27-21)18-7-5-4-6-8-18)23(28)24-14-13-17-9-11-19(29-3)12-10-17/h4-12,15-16H,13-14H2,1-3H3,(H,24,28)(H,25,26,27). The lowest BCUT2D eigenvalue weighted by molar-refractivity contribution is 0.0949. The van der Waals surface area contributed by atoms with Gasteiger partial charge in [-0.25, -0.2) is 9.97 Å². The minimum absolute atomic E-state index is 0.194. The van der Waals surface area contributed by atoms with Crippen molar-refractivity contribution in [2.45, 2.75) is 26.3 Å². The molecule has 3 aromatic rings. The molecule has 29 heavy (non-hydrogen) atoms. The second kappa shape index (κ2) is 9.68. The summed E-state index contributed by atoms with van der Waals surface area (Å²) in [5, 5.41) is 6.21. The minimum atomic E-state index is -0.218. The summed E-state index contributed by atoms with van der Waals surface area (Å²) >= 11 is 0. The first-order chi connectivity index (χ1) is 14.0. The second-order valence-corrected chi connectivity index (χ2v) is 6.98. The third-order valence-corrected chi connectivity index (χ3v) is 4.29. The molecule has 1 amide bonds. The summed E-state index contributed by atoms with van der Waals surface area (Å²) in [5.41, 5.74) is 2.34. The average Bonchev–Trinajstić information content (AvgIpc) is 2.74. The van der Waals surface area contributed by atoms with E-state index in [0.717, 1.165) is 23.3 Å². The van der Waals surface area contributed by atoms with Gasteiger partial charge in [0.05, 0.1) is 7.11 Å². The van der Waals surface area contributed by atoms with Crippen LogP contribution in [0.25, 0.3) is 11.4 Å². The normalized spacial score (nSPS) is 10.6. The Morgan fingerprint density at radius 2 is 1.76 bits per heavy atom. The lowest BCUT2D eigenvalue weighted by Crippen LogP contribution is -2.27. The van der Waals surface area contributed by atoms with E-state index in [2.05, 4.69) is 20.6 Å². The molecule has 6 heteroatoms. The number of rotatable bonds is 8. The fourth-order valence-corrected chi connectivity index (χ4v) is 2.85. The van der Waals surface area contributed by atoms with Crippen molar-refractivity contribution in [3.05, 3.63) is 71.9 Å². The highest BCUT2D eigenvalue weighted by atomic mass is 16.5. The number of methoxy groups -OCH3 is 1. The number of carbonyl (C=O) groups excluding carboxylic acids is 1. The average molecular weight is 390 g/mol. The zero-order chi connectivity index (χ0) is 20.6. The summed E-state index contributed by atoms with van der Waals surface area (Å²) in [7, 11) is 1.64. The van der Waals surface area contributed by atoms with Crippen molar-refractivity contribution in [2.24, 2.45) is 0 Å². The van der Waals surface area contributed by atoms with E-state index in [4.69, 9.17) is 4.74 Å². The van der Waals surface area contributed by atoms with E-state index in [9.17, 15) is 4.79 Å². The van der Waals surface area contributed by atoms with E-state index < -0.39 is 0 Å². The maximum atomic E-state index is 12.7. The Morgan fingerprint density at radius 1 is 1.03 bits per heavy atom. The molecule has 0 unspecified atom stereocenters. The van der Waals surface area contributed by atoms with Crippen molar-refractivity contribution in [2.75, 3.05) is 19.0 Å². The van der Waals surface area contributed by atoms with Crippen LogP contribution in [0, 0.1) is 0 Å². The zero-order valence-corrected chi connectivity index (χ0v) is 17.0. The summed E-state index contributed by atoms with van der Waals surface area (Å²) < 4.78 is 5.17. The number of nitrogens with one attached hydrogen (secondary N) is 2. The molecular formula is C23H26N4O2. The van der Waals surface area contributed by atoms with Crippen LogP contribution >= 0.6 is 0 Å². The van der Waals surface area contributed by atoms with E-state index in [1.54, 1.807) is 13.2 Å². The van der Waals surface area contributed by atoms with Crippen LogP contribution in [0.15, 0.2) is 60.7 Å². The third kappa shape index (κ3) is 5.78. The first-order valence-corrected chi connectivity index (χ1v) is 9.67. The van der Waals surface area contributed by atoms with Gasteiger partial charge in [-0.1, -0.05) is 42.5 Å². The molecule has 0 radical (unpaired) electrons. The molecule has 0 saturated carbocycles. The number of nitrogens with zero attached hydrogens (tertiary/aromatic N) is 2. The lowest BCUT2D eigenvalue weighted by atomic mass is 10.1. The number of carbonyl (C=O) groups is 1. The van der Waals surface area contributed by atoms with Gasteiger partial charge >= 0.3 is 0 Å². The molecular weight excluding hydrogens is 364 g/mol. The Kier molecular flexibility index (Phi) is 6.79. The minimum Gasteiger partial charge on any atom is -0.497 e. The van der Waals surface area contributed by atoms with Crippen LogP contribution < -0.4 is 15.4 Å². The molecule has 1 heterocycles. The molecule has 150 valence electrons. The number of aromatic nitrogens is 2. The van der Waals surface area contributed by atoms with Crippen LogP contribution in [-0.4, -0.2) is 35.6 Å². The van der Waals surface area contributed by atoms with E-state index in [-0.39, 0.29) is 11.9 Å². The highest BCUT2D eigenvalue weighted by Gasteiger charge is 2.13. The smallest absolute Gasteiger partial charge is 0.270 e. The van der Waals surface area contributed by atoms with Crippen LogP contribution in [0.3, 0.4) is 0 Å². The topological polar surface area (TPSA) is 76.1 Å². The van der Waals surface area contributed by atoms with Gasteiger partial charge in [0.25, 0.3) is 5.91 Å². The number of anilines is 1. The number of benzene rings is 2. The summed E-state index contributed by atoms with van der Waals surface area (Å²) in [4.78, 5) is 21.7. The zero-order valence-electron chi connectivity index (χ0n) is 17.0. The molecule has 3 rings (SSSR count). The Bertz CT molecular complexity index is 941. The van der Waals surface area contributed by atoms with Gasteiger partial charge in [0.15, 0.2) is 5.82 Å². The number of hydrogen-bond acceptors (Lipinski definition) is 5. The van der Waals surface area contributed by atoms with Gasteiger partial charge in [-0.3, -0.25) is 4.79 Å². The van der Waals surface area contributed by atoms with Crippen molar-refractivity contribution in [1.82, 2.24) is 15.3 Å². The second-order valence-electron chi connectivity index (χ2n) is 6.98. The monoisotopic (exact) mass is 390 g/mol. The first kappa shape index (κ1) is 20.3. The van der Waals surface area contributed by atoms with Crippen molar-refractivity contribution in [1.29, 1.82) is 0 Å². The third-order valence-electron chi connectivity index (χ3n) is 4.29. The van der Waals surface area contributed by atoms with Crippen LogP contribution in [0.1, 0.15) is 29.9 Å². The van der Waals surface area contributed by atoms with Crippen molar-refractivity contribution in [3.8, 4) is 17.1 Å². The molecule has 0 fully saturated rings. The maximum Gasteiger partial charge on any atom is 0.270 e. The van der Waals surface area contributed by atoms with Crippen LogP contribution in [-0.2, 0) is 6.42 Å². The van der Waals surface area contributed by atoms with Gasteiger partial charge in [-0.2, -0.15) is 0 Å². The molecule has 0 saturated heterocycles.